The number of rotatable bonds is 4. The molecule has 0 bridgehead atoms. The van der Waals surface area contributed by atoms with Crippen LogP contribution >= 0.6 is 0 Å². The smallest absolute Gasteiger partial charge is 0.320 e. The summed E-state index contributed by atoms with van der Waals surface area (Å²) in [4.78, 5) is 30.3. The maximum absolute atomic E-state index is 12.3. The molecule has 1 aromatic rings. The number of anilines is 1. The molecule has 2 aliphatic rings. The second-order valence-corrected chi connectivity index (χ2v) is 6.66. The van der Waals surface area contributed by atoms with Crippen molar-refractivity contribution in [3.63, 3.8) is 0 Å². The van der Waals surface area contributed by atoms with E-state index < -0.39 is 0 Å². The minimum absolute atomic E-state index is 0.0958. The summed E-state index contributed by atoms with van der Waals surface area (Å²) >= 11 is 0. The lowest BCUT2D eigenvalue weighted by Gasteiger charge is -2.38. The number of piperidine rings is 1. The van der Waals surface area contributed by atoms with Crippen LogP contribution < -0.4 is 5.32 Å². The molecule has 3 heterocycles. The normalized spacial score (nSPS) is 21.4. The summed E-state index contributed by atoms with van der Waals surface area (Å²) in [6, 6.07) is 1.87. The molecule has 0 aliphatic carbocycles. The number of nitrogens with one attached hydrogen (secondary N) is 1. The Morgan fingerprint density at radius 2 is 2.04 bits per heavy atom. The molecule has 0 saturated carbocycles. The van der Waals surface area contributed by atoms with Gasteiger partial charge in [0.15, 0.2) is 0 Å². The first-order valence-electron chi connectivity index (χ1n) is 8.45. The number of aryl methyl sites for hydroxylation is 1. The molecule has 0 unspecified atom stereocenters. The minimum Gasteiger partial charge on any atom is -0.338 e. The molecule has 8 nitrogen and oxygen atoms in total. The largest absolute Gasteiger partial charge is 0.338 e. The van der Waals surface area contributed by atoms with Crippen LogP contribution in [0.15, 0.2) is 10.6 Å². The van der Waals surface area contributed by atoms with Gasteiger partial charge in [0.1, 0.15) is 0 Å². The first-order chi connectivity index (χ1) is 11.5. The number of hydrogen-bond donors (Lipinski definition) is 1. The molecule has 1 N–H and O–H groups in total. The zero-order valence-electron chi connectivity index (χ0n) is 14.5. The first-order valence-corrected chi connectivity index (χ1v) is 8.45. The summed E-state index contributed by atoms with van der Waals surface area (Å²) in [5.41, 5.74) is 0.735. The van der Waals surface area contributed by atoms with E-state index in [1.54, 1.807) is 11.0 Å². The molecule has 24 heavy (non-hydrogen) atoms. The lowest BCUT2D eigenvalue weighted by atomic mass is 10.0. The van der Waals surface area contributed by atoms with Crippen LogP contribution in [0, 0.1) is 6.92 Å². The standard InChI is InChI=1S/C16H25N5O3/c1-11-10-14(24-18-11)17-15(22)12(2)20-6-4-13(5-7-20)21-9-8-19(3)16(21)23/h10,12-13H,4-9H2,1-3H3,(H,17,22)/t12-/m0/s1. The molecule has 2 aliphatic heterocycles. The number of hydrogen-bond acceptors (Lipinski definition) is 5. The fourth-order valence-corrected chi connectivity index (χ4v) is 3.41. The zero-order valence-corrected chi connectivity index (χ0v) is 14.5. The third-order valence-corrected chi connectivity index (χ3v) is 4.99. The average Bonchev–Trinajstić information content (AvgIpc) is 3.13. The van der Waals surface area contributed by atoms with Crippen LogP contribution in [0.1, 0.15) is 25.5 Å². The quantitative estimate of drug-likeness (QED) is 0.892. The molecule has 3 rings (SSSR count). The second-order valence-electron chi connectivity index (χ2n) is 6.66. The van der Waals surface area contributed by atoms with Crippen molar-refractivity contribution >= 4 is 17.8 Å². The van der Waals surface area contributed by atoms with E-state index in [9.17, 15) is 9.59 Å². The Morgan fingerprint density at radius 1 is 1.33 bits per heavy atom. The highest BCUT2D eigenvalue weighted by molar-refractivity contribution is 5.93. The summed E-state index contributed by atoms with van der Waals surface area (Å²) in [6.07, 6.45) is 1.80. The maximum Gasteiger partial charge on any atom is 0.320 e. The van der Waals surface area contributed by atoms with Gasteiger partial charge in [0, 0.05) is 45.3 Å². The Kier molecular flexibility index (Phi) is 4.75. The van der Waals surface area contributed by atoms with Gasteiger partial charge in [-0.1, -0.05) is 5.16 Å². The first kappa shape index (κ1) is 16.8. The van der Waals surface area contributed by atoms with E-state index in [0.29, 0.717) is 5.88 Å². The SMILES string of the molecule is Cc1cc(NC(=O)[C@H](C)N2CCC(N3CCN(C)C3=O)CC2)on1. The zero-order chi connectivity index (χ0) is 17.3. The monoisotopic (exact) mass is 335 g/mol. The van der Waals surface area contributed by atoms with Crippen LogP contribution in [0.2, 0.25) is 0 Å². The highest BCUT2D eigenvalue weighted by atomic mass is 16.5. The number of likely N-dealkylation sites (tertiary alicyclic amines) is 1. The van der Waals surface area contributed by atoms with Crippen LogP contribution in [-0.2, 0) is 4.79 Å². The molecule has 8 heteroatoms. The van der Waals surface area contributed by atoms with Crippen molar-refractivity contribution in [2.75, 3.05) is 38.5 Å². The van der Waals surface area contributed by atoms with Crippen LogP contribution in [0.25, 0.3) is 0 Å². The van der Waals surface area contributed by atoms with Crippen LogP contribution in [0.5, 0.6) is 0 Å². The Morgan fingerprint density at radius 3 is 2.58 bits per heavy atom. The third-order valence-electron chi connectivity index (χ3n) is 4.99. The van der Waals surface area contributed by atoms with Crippen LogP contribution in [-0.4, -0.2) is 77.1 Å². The molecule has 3 amide bonds. The average molecular weight is 335 g/mol. The Balaban J connectivity index is 1.50. The van der Waals surface area contributed by atoms with E-state index in [0.717, 1.165) is 44.7 Å². The topological polar surface area (TPSA) is 81.9 Å². The predicted octanol–water partition coefficient (Wildman–Crippen LogP) is 1.14. The van der Waals surface area contributed by atoms with Gasteiger partial charge in [0.25, 0.3) is 0 Å². The van der Waals surface area contributed by atoms with E-state index in [1.165, 1.54) is 0 Å². The molecule has 2 saturated heterocycles. The number of urea groups is 1. The highest BCUT2D eigenvalue weighted by Gasteiger charge is 2.35. The van der Waals surface area contributed by atoms with Gasteiger partial charge in [-0.2, -0.15) is 0 Å². The molecular formula is C16H25N5O3. The highest BCUT2D eigenvalue weighted by Crippen LogP contribution is 2.22. The number of carbonyl (C=O) groups excluding carboxylic acids is 2. The molecule has 0 aromatic carbocycles. The number of aromatic nitrogens is 1. The van der Waals surface area contributed by atoms with Crippen molar-refractivity contribution in [1.29, 1.82) is 0 Å². The van der Waals surface area contributed by atoms with Crippen molar-refractivity contribution in [2.45, 2.75) is 38.8 Å². The second kappa shape index (κ2) is 6.80. The lowest BCUT2D eigenvalue weighted by molar-refractivity contribution is -0.121. The Labute approximate surface area is 141 Å². The van der Waals surface area contributed by atoms with Crippen LogP contribution in [0.4, 0.5) is 10.7 Å². The van der Waals surface area contributed by atoms with E-state index in [4.69, 9.17) is 4.52 Å². The van der Waals surface area contributed by atoms with E-state index in [2.05, 4.69) is 15.4 Å². The fourth-order valence-electron chi connectivity index (χ4n) is 3.41. The van der Waals surface area contributed by atoms with Crippen molar-refractivity contribution in [3.05, 3.63) is 11.8 Å². The fraction of sp³-hybridized carbons (Fsp3) is 0.688. The molecular weight excluding hydrogens is 310 g/mol. The van der Waals surface area contributed by atoms with Crippen molar-refractivity contribution in [3.8, 4) is 0 Å². The summed E-state index contributed by atoms with van der Waals surface area (Å²) in [7, 11) is 1.84. The number of carbonyl (C=O) groups is 2. The van der Waals surface area contributed by atoms with Gasteiger partial charge in [-0.25, -0.2) is 4.79 Å². The molecule has 2 fully saturated rings. The summed E-state index contributed by atoms with van der Waals surface area (Å²) in [6.45, 7) is 6.93. The van der Waals surface area contributed by atoms with E-state index >= 15 is 0 Å². The number of likely N-dealkylation sites (N-methyl/N-ethyl adjacent to an activating group) is 1. The summed E-state index contributed by atoms with van der Waals surface area (Å²) in [5, 5.41) is 6.52. The van der Waals surface area contributed by atoms with Gasteiger partial charge in [0.05, 0.1) is 11.7 Å². The maximum atomic E-state index is 12.3. The molecule has 0 radical (unpaired) electrons. The lowest BCUT2D eigenvalue weighted by Crippen LogP contribution is -2.51. The van der Waals surface area contributed by atoms with Gasteiger partial charge in [-0.3, -0.25) is 15.0 Å². The summed E-state index contributed by atoms with van der Waals surface area (Å²) < 4.78 is 5.03. The molecule has 1 atom stereocenters. The number of amides is 3. The summed E-state index contributed by atoms with van der Waals surface area (Å²) in [5.74, 6) is 0.284. The minimum atomic E-state index is -0.242. The van der Waals surface area contributed by atoms with Crippen molar-refractivity contribution in [1.82, 2.24) is 19.9 Å². The van der Waals surface area contributed by atoms with E-state index in [-0.39, 0.29) is 24.0 Å². The van der Waals surface area contributed by atoms with Crippen LogP contribution in [0.3, 0.4) is 0 Å². The van der Waals surface area contributed by atoms with Gasteiger partial charge in [-0.15, -0.1) is 0 Å². The van der Waals surface area contributed by atoms with Crippen molar-refractivity contribution in [2.24, 2.45) is 0 Å². The van der Waals surface area contributed by atoms with Crippen molar-refractivity contribution < 1.29 is 14.1 Å². The predicted molar refractivity (Wildman–Crippen MR) is 88.7 cm³/mol. The Hall–Kier alpha value is -2.09. The van der Waals surface area contributed by atoms with Gasteiger partial charge in [-0.05, 0) is 26.7 Å². The van der Waals surface area contributed by atoms with Gasteiger partial charge in [0.2, 0.25) is 11.8 Å². The number of nitrogens with zero attached hydrogens (tertiary/aromatic N) is 4. The third kappa shape index (κ3) is 3.38. The van der Waals surface area contributed by atoms with E-state index in [1.807, 2.05) is 25.8 Å². The Bertz CT molecular complexity index is 609. The van der Waals surface area contributed by atoms with Gasteiger partial charge < -0.3 is 14.3 Å². The van der Waals surface area contributed by atoms with Gasteiger partial charge >= 0.3 is 6.03 Å². The molecule has 0 spiro atoms. The molecule has 132 valence electrons. The molecule has 1 aromatic heterocycles.